The molecule has 0 saturated carbocycles. The molecule has 0 saturated heterocycles. The predicted molar refractivity (Wildman–Crippen MR) is 65.4 cm³/mol. The molecule has 1 aromatic carbocycles. The smallest absolute Gasteiger partial charge is 0.148 e. The van der Waals surface area contributed by atoms with E-state index in [4.69, 9.17) is 17.3 Å². The number of rotatable bonds is 1. The maximum atomic E-state index is 5.99. The zero-order valence-corrected chi connectivity index (χ0v) is 10.4. The molecule has 0 aliphatic heterocycles. The fourth-order valence-corrected chi connectivity index (χ4v) is 1.88. The van der Waals surface area contributed by atoms with Crippen molar-refractivity contribution in [3.63, 3.8) is 0 Å². The highest BCUT2D eigenvalue weighted by molar-refractivity contribution is 9.10. The lowest BCUT2D eigenvalue weighted by molar-refractivity contribution is 0.881. The minimum atomic E-state index is 0.530. The van der Waals surface area contributed by atoms with Gasteiger partial charge in [0.1, 0.15) is 5.82 Å². The standard InChI is InChI=1S/C10H9BrClN3/c1-6-5-15(14-10(6)13)8-4-2-3-7(12)9(8)11/h2-5H,1H3,(H2,13,14). The third kappa shape index (κ3) is 1.87. The van der Waals surface area contributed by atoms with E-state index in [-0.39, 0.29) is 0 Å². The Kier molecular flexibility index (Phi) is 2.71. The molecule has 2 N–H and O–H groups in total. The highest BCUT2D eigenvalue weighted by atomic mass is 79.9. The average Bonchev–Trinajstić information content (AvgIpc) is 2.51. The van der Waals surface area contributed by atoms with Gasteiger partial charge in [0.25, 0.3) is 0 Å². The monoisotopic (exact) mass is 285 g/mol. The maximum absolute atomic E-state index is 5.99. The first-order valence-electron chi connectivity index (χ1n) is 4.35. The molecule has 0 fully saturated rings. The van der Waals surface area contributed by atoms with Crippen LogP contribution in [-0.2, 0) is 0 Å². The van der Waals surface area contributed by atoms with Gasteiger partial charge in [-0.3, -0.25) is 0 Å². The van der Waals surface area contributed by atoms with Gasteiger partial charge in [-0.25, -0.2) is 4.68 Å². The zero-order chi connectivity index (χ0) is 11.0. The molecular weight excluding hydrogens is 277 g/mol. The lowest BCUT2D eigenvalue weighted by Gasteiger charge is -2.05. The fourth-order valence-electron chi connectivity index (χ4n) is 1.27. The molecule has 2 rings (SSSR count). The second kappa shape index (κ2) is 3.87. The van der Waals surface area contributed by atoms with Gasteiger partial charge in [-0.2, -0.15) is 5.10 Å². The summed E-state index contributed by atoms with van der Waals surface area (Å²) in [5.74, 6) is 0.530. The van der Waals surface area contributed by atoms with Crippen LogP contribution in [0.5, 0.6) is 0 Å². The molecule has 3 nitrogen and oxygen atoms in total. The third-order valence-corrected chi connectivity index (χ3v) is 3.49. The summed E-state index contributed by atoms with van der Waals surface area (Å²) in [6.07, 6.45) is 1.87. The van der Waals surface area contributed by atoms with E-state index in [1.165, 1.54) is 0 Å². The molecule has 0 aliphatic carbocycles. The van der Waals surface area contributed by atoms with Crippen LogP contribution in [0.1, 0.15) is 5.56 Å². The number of nitrogens with two attached hydrogens (primary N) is 1. The highest BCUT2D eigenvalue weighted by Gasteiger charge is 2.08. The Morgan fingerprint density at radius 1 is 1.47 bits per heavy atom. The first-order valence-corrected chi connectivity index (χ1v) is 5.53. The van der Waals surface area contributed by atoms with E-state index in [0.29, 0.717) is 10.8 Å². The van der Waals surface area contributed by atoms with E-state index in [2.05, 4.69) is 21.0 Å². The van der Waals surface area contributed by atoms with Crippen LogP contribution < -0.4 is 5.73 Å². The summed E-state index contributed by atoms with van der Waals surface area (Å²) >= 11 is 9.41. The molecule has 0 atom stereocenters. The second-order valence-electron chi connectivity index (χ2n) is 3.21. The van der Waals surface area contributed by atoms with Crippen molar-refractivity contribution in [1.29, 1.82) is 0 Å². The summed E-state index contributed by atoms with van der Waals surface area (Å²) < 4.78 is 2.52. The summed E-state index contributed by atoms with van der Waals surface area (Å²) in [7, 11) is 0. The van der Waals surface area contributed by atoms with Crippen molar-refractivity contribution < 1.29 is 0 Å². The molecule has 1 heterocycles. The Labute approximate surface area is 101 Å². The van der Waals surface area contributed by atoms with Gasteiger partial charge in [0.05, 0.1) is 15.2 Å². The number of halogens is 2. The molecular formula is C10H9BrClN3. The fraction of sp³-hybridized carbons (Fsp3) is 0.100. The summed E-state index contributed by atoms with van der Waals surface area (Å²) in [5, 5.41) is 4.84. The number of benzene rings is 1. The molecule has 0 radical (unpaired) electrons. The molecule has 1 aromatic heterocycles. The lowest BCUT2D eigenvalue weighted by Crippen LogP contribution is -1.97. The van der Waals surface area contributed by atoms with Gasteiger partial charge in [0, 0.05) is 11.8 Å². The van der Waals surface area contributed by atoms with Crippen molar-refractivity contribution in [2.24, 2.45) is 0 Å². The van der Waals surface area contributed by atoms with Crippen LogP contribution in [0.25, 0.3) is 5.69 Å². The second-order valence-corrected chi connectivity index (χ2v) is 4.42. The quantitative estimate of drug-likeness (QED) is 0.875. The summed E-state index contributed by atoms with van der Waals surface area (Å²) in [5.41, 5.74) is 7.51. The summed E-state index contributed by atoms with van der Waals surface area (Å²) in [6.45, 7) is 1.91. The van der Waals surface area contributed by atoms with Crippen molar-refractivity contribution in [2.45, 2.75) is 6.92 Å². The van der Waals surface area contributed by atoms with Crippen LogP contribution >= 0.6 is 27.5 Å². The van der Waals surface area contributed by atoms with Gasteiger partial charge in [-0.05, 0) is 35.0 Å². The van der Waals surface area contributed by atoms with Crippen molar-refractivity contribution in [1.82, 2.24) is 9.78 Å². The van der Waals surface area contributed by atoms with Crippen molar-refractivity contribution in [2.75, 3.05) is 5.73 Å². The number of aromatic nitrogens is 2. The summed E-state index contributed by atoms with van der Waals surface area (Å²) in [6, 6.07) is 5.60. The first-order chi connectivity index (χ1) is 7.09. The molecule has 0 amide bonds. The minimum Gasteiger partial charge on any atom is -0.382 e. The van der Waals surface area contributed by atoms with Gasteiger partial charge in [-0.15, -0.1) is 0 Å². The number of nitrogens with zero attached hydrogens (tertiary/aromatic N) is 2. The molecule has 5 heteroatoms. The Balaban J connectivity index is 2.59. The molecule has 0 aliphatic rings. The van der Waals surface area contributed by atoms with E-state index >= 15 is 0 Å². The van der Waals surface area contributed by atoms with Crippen LogP contribution in [-0.4, -0.2) is 9.78 Å². The Morgan fingerprint density at radius 2 is 2.20 bits per heavy atom. The van der Waals surface area contributed by atoms with E-state index in [1.54, 1.807) is 4.68 Å². The lowest BCUT2D eigenvalue weighted by atomic mass is 10.3. The van der Waals surface area contributed by atoms with Gasteiger partial charge in [0.15, 0.2) is 0 Å². The van der Waals surface area contributed by atoms with Gasteiger partial charge >= 0.3 is 0 Å². The Bertz CT molecular complexity index is 488. The first kappa shape index (κ1) is 10.5. The summed E-state index contributed by atoms with van der Waals surface area (Å²) in [4.78, 5) is 0. The molecule has 2 aromatic rings. The Hall–Kier alpha value is -1.00. The topological polar surface area (TPSA) is 43.8 Å². The van der Waals surface area contributed by atoms with Crippen LogP contribution in [0.15, 0.2) is 28.9 Å². The van der Waals surface area contributed by atoms with Crippen molar-refractivity contribution in [3.05, 3.63) is 39.5 Å². The van der Waals surface area contributed by atoms with Gasteiger partial charge < -0.3 is 5.73 Å². The largest absolute Gasteiger partial charge is 0.382 e. The van der Waals surface area contributed by atoms with E-state index in [9.17, 15) is 0 Å². The zero-order valence-electron chi connectivity index (χ0n) is 8.04. The third-order valence-electron chi connectivity index (χ3n) is 2.11. The van der Waals surface area contributed by atoms with E-state index in [0.717, 1.165) is 15.7 Å². The number of aryl methyl sites for hydroxylation is 1. The number of hydrogen-bond acceptors (Lipinski definition) is 2. The maximum Gasteiger partial charge on any atom is 0.148 e. The number of nitrogen functional groups attached to an aromatic ring is 1. The van der Waals surface area contributed by atoms with Gasteiger partial charge in [-0.1, -0.05) is 17.7 Å². The molecule has 0 spiro atoms. The Morgan fingerprint density at radius 3 is 2.80 bits per heavy atom. The molecule has 0 bridgehead atoms. The minimum absolute atomic E-state index is 0.530. The van der Waals surface area contributed by atoms with E-state index < -0.39 is 0 Å². The van der Waals surface area contributed by atoms with Crippen LogP contribution in [0, 0.1) is 6.92 Å². The van der Waals surface area contributed by atoms with Crippen LogP contribution in [0.4, 0.5) is 5.82 Å². The number of anilines is 1. The number of hydrogen-bond donors (Lipinski definition) is 1. The highest BCUT2D eigenvalue weighted by Crippen LogP contribution is 2.29. The van der Waals surface area contributed by atoms with Crippen LogP contribution in [0.3, 0.4) is 0 Å². The van der Waals surface area contributed by atoms with E-state index in [1.807, 2.05) is 31.3 Å². The molecule has 0 unspecified atom stereocenters. The molecule has 15 heavy (non-hydrogen) atoms. The van der Waals surface area contributed by atoms with Crippen LogP contribution in [0.2, 0.25) is 5.02 Å². The van der Waals surface area contributed by atoms with Crippen molar-refractivity contribution in [3.8, 4) is 5.69 Å². The van der Waals surface area contributed by atoms with Gasteiger partial charge in [0.2, 0.25) is 0 Å². The predicted octanol–water partition coefficient (Wildman–Crippen LogP) is 3.18. The average molecular weight is 287 g/mol. The normalized spacial score (nSPS) is 10.6. The molecule has 78 valence electrons. The SMILES string of the molecule is Cc1cn(-c2cccc(Cl)c2Br)nc1N. The van der Waals surface area contributed by atoms with Crippen molar-refractivity contribution >= 4 is 33.3 Å².